The Morgan fingerprint density at radius 2 is 2.11 bits per heavy atom. The average molecular weight is 373 g/mol. The molecule has 1 rings (SSSR count). The predicted molar refractivity (Wildman–Crippen MR) is 68.7 cm³/mol. The maximum Gasteiger partial charge on any atom is 0.422 e. The third-order valence-corrected chi connectivity index (χ3v) is 2.81. The van der Waals surface area contributed by atoms with Gasteiger partial charge in [-0.2, -0.15) is 13.2 Å². The quantitative estimate of drug-likeness (QED) is 0.825. The molecule has 1 amide bonds. The summed E-state index contributed by atoms with van der Waals surface area (Å²) < 4.78 is 41.3. The molecule has 0 aliphatic carbocycles. The molecule has 0 fully saturated rings. The van der Waals surface area contributed by atoms with Crippen LogP contribution in [0.2, 0.25) is 0 Å². The summed E-state index contributed by atoms with van der Waals surface area (Å²) in [5, 5.41) is 2.56. The molecule has 0 radical (unpaired) electrons. The highest BCUT2D eigenvalue weighted by Gasteiger charge is 2.28. The first-order valence-corrected chi connectivity index (χ1v) is 6.18. The maximum absolute atomic E-state index is 12.0. The van der Waals surface area contributed by atoms with Crippen LogP contribution in [0.15, 0.2) is 18.2 Å². The van der Waals surface area contributed by atoms with Crippen molar-refractivity contribution in [1.82, 2.24) is 5.32 Å². The molecular formula is C11H11F3INO2. The number of halogens is 4. The lowest BCUT2D eigenvalue weighted by Gasteiger charge is -2.11. The van der Waals surface area contributed by atoms with Gasteiger partial charge in [0.2, 0.25) is 0 Å². The Morgan fingerprint density at radius 1 is 1.44 bits per heavy atom. The van der Waals surface area contributed by atoms with E-state index in [1.54, 1.807) is 6.92 Å². The van der Waals surface area contributed by atoms with Crippen molar-refractivity contribution in [2.75, 3.05) is 13.2 Å². The van der Waals surface area contributed by atoms with E-state index in [1.165, 1.54) is 18.2 Å². The van der Waals surface area contributed by atoms with Gasteiger partial charge in [0.05, 0.1) is 3.57 Å². The van der Waals surface area contributed by atoms with Crippen molar-refractivity contribution >= 4 is 28.5 Å². The largest absolute Gasteiger partial charge is 0.483 e. The molecule has 0 saturated carbocycles. The highest BCUT2D eigenvalue weighted by atomic mass is 127. The Bertz CT molecular complexity index is 435. The number of rotatable bonds is 4. The highest BCUT2D eigenvalue weighted by molar-refractivity contribution is 14.1. The Labute approximate surface area is 116 Å². The topological polar surface area (TPSA) is 38.3 Å². The maximum atomic E-state index is 12.0. The fourth-order valence-corrected chi connectivity index (χ4v) is 1.67. The molecule has 7 heteroatoms. The van der Waals surface area contributed by atoms with Gasteiger partial charge in [0.25, 0.3) is 5.91 Å². The van der Waals surface area contributed by atoms with E-state index in [-0.39, 0.29) is 17.2 Å². The van der Waals surface area contributed by atoms with Crippen LogP contribution in [0, 0.1) is 3.57 Å². The lowest BCUT2D eigenvalue weighted by molar-refractivity contribution is -0.153. The molecular weight excluding hydrogens is 362 g/mol. The van der Waals surface area contributed by atoms with Gasteiger partial charge in [-0.3, -0.25) is 4.79 Å². The van der Waals surface area contributed by atoms with Crippen molar-refractivity contribution in [2.45, 2.75) is 13.1 Å². The van der Waals surface area contributed by atoms with Crippen molar-refractivity contribution in [3.8, 4) is 5.75 Å². The van der Waals surface area contributed by atoms with E-state index in [0.29, 0.717) is 10.1 Å². The van der Waals surface area contributed by atoms with Crippen molar-refractivity contribution in [2.24, 2.45) is 0 Å². The first-order valence-electron chi connectivity index (χ1n) is 5.11. The number of nitrogens with one attached hydrogen (secondary N) is 1. The van der Waals surface area contributed by atoms with E-state index in [9.17, 15) is 18.0 Å². The molecule has 0 atom stereocenters. The van der Waals surface area contributed by atoms with Gasteiger partial charge < -0.3 is 10.1 Å². The molecule has 0 bridgehead atoms. The van der Waals surface area contributed by atoms with Gasteiger partial charge in [-0.05, 0) is 47.7 Å². The minimum atomic E-state index is -4.40. The monoisotopic (exact) mass is 373 g/mol. The number of carbonyl (C=O) groups excluding carboxylic acids is 1. The number of hydrogen-bond donors (Lipinski definition) is 1. The molecule has 0 unspecified atom stereocenters. The number of ether oxygens (including phenoxy) is 1. The number of alkyl halides is 3. The smallest absolute Gasteiger partial charge is 0.422 e. The third-order valence-electron chi connectivity index (χ3n) is 1.92. The van der Waals surface area contributed by atoms with Crippen LogP contribution in [0.4, 0.5) is 13.2 Å². The second kappa shape index (κ2) is 6.26. The molecule has 1 N–H and O–H groups in total. The second-order valence-corrected chi connectivity index (χ2v) is 4.57. The van der Waals surface area contributed by atoms with Crippen molar-refractivity contribution < 1.29 is 22.7 Å². The zero-order chi connectivity index (χ0) is 13.8. The van der Waals surface area contributed by atoms with Crippen LogP contribution in [0.1, 0.15) is 17.3 Å². The minimum Gasteiger partial charge on any atom is -0.483 e. The number of carbonyl (C=O) groups is 1. The second-order valence-electron chi connectivity index (χ2n) is 3.41. The molecule has 1 aromatic rings. The highest BCUT2D eigenvalue weighted by Crippen LogP contribution is 2.25. The van der Waals surface area contributed by atoms with E-state index in [0.717, 1.165) is 0 Å². The van der Waals surface area contributed by atoms with Gasteiger partial charge >= 0.3 is 6.18 Å². The van der Waals surface area contributed by atoms with E-state index < -0.39 is 12.8 Å². The fraction of sp³-hybridized carbons (Fsp3) is 0.364. The Morgan fingerprint density at radius 3 is 2.67 bits per heavy atom. The molecule has 3 nitrogen and oxygen atoms in total. The van der Waals surface area contributed by atoms with E-state index in [1.807, 2.05) is 22.6 Å². The van der Waals surface area contributed by atoms with Crippen LogP contribution in [0.25, 0.3) is 0 Å². The standard InChI is InChI=1S/C11H11F3INO2/c1-2-16-10(17)7-3-4-8(15)9(5-7)18-6-11(12,13)14/h3-5H,2,6H2,1H3,(H,16,17). The lowest BCUT2D eigenvalue weighted by atomic mass is 10.2. The summed E-state index contributed by atoms with van der Waals surface area (Å²) in [6.07, 6.45) is -4.40. The molecule has 1 aromatic carbocycles. The summed E-state index contributed by atoms with van der Waals surface area (Å²) in [7, 11) is 0. The van der Waals surface area contributed by atoms with Gasteiger partial charge in [0, 0.05) is 12.1 Å². The molecule has 0 aliphatic heterocycles. The van der Waals surface area contributed by atoms with Gasteiger partial charge in [-0.25, -0.2) is 0 Å². The van der Waals surface area contributed by atoms with Crippen LogP contribution >= 0.6 is 22.6 Å². The first kappa shape index (κ1) is 15.1. The van der Waals surface area contributed by atoms with Gasteiger partial charge in [-0.1, -0.05) is 0 Å². The molecule has 0 aliphatic rings. The number of benzene rings is 1. The Hall–Kier alpha value is -0.990. The first-order chi connectivity index (χ1) is 8.33. The number of amides is 1. The summed E-state index contributed by atoms with van der Waals surface area (Å²) >= 11 is 1.85. The summed E-state index contributed by atoms with van der Waals surface area (Å²) in [4.78, 5) is 11.5. The zero-order valence-electron chi connectivity index (χ0n) is 9.47. The van der Waals surface area contributed by atoms with Crippen LogP contribution in [-0.2, 0) is 0 Å². The molecule has 0 saturated heterocycles. The van der Waals surface area contributed by atoms with Crippen LogP contribution in [0.3, 0.4) is 0 Å². The van der Waals surface area contributed by atoms with Crippen LogP contribution in [-0.4, -0.2) is 25.2 Å². The molecule has 0 aromatic heterocycles. The predicted octanol–water partition coefficient (Wildman–Crippen LogP) is 2.98. The van der Waals surface area contributed by atoms with E-state index in [4.69, 9.17) is 0 Å². The molecule has 18 heavy (non-hydrogen) atoms. The van der Waals surface area contributed by atoms with E-state index in [2.05, 4.69) is 10.1 Å². The van der Waals surface area contributed by atoms with Crippen LogP contribution < -0.4 is 10.1 Å². The lowest BCUT2D eigenvalue weighted by Crippen LogP contribution is -2.23. The average Bonchev–Trinajstić information content (AvgIpc) is 2.27. The molecule has 0 heterocycles. The number of hydrogen-bond acceptors (Lipinski definition) is 2. The third kappa shape index (κ3) is 4.71. The van der Waals surface area contributed by atoms with Crippen molar-refractivity contribution in [3.05, 3.63) is 27.3 Å². The Balaban J connectivity index is 2.84. The van der Waals surface area contributed by atoms with Crippen molar-refractivity contribution in [1.29, 1.82) is 0 Å². The normalized spacial score (nSPS) is 11.2. The fourth-order valence-electron chi connectivity index (χ4n) is 1.18. The molecule has 0 spiro atoms. The Kier molecular flexibility index (Phi) is 5.24. The summed E-state index contributed by atoms with van der Waals surface area (Å²) in [6.45, 7) is 0.830. The minimum absolute atomic E-state index is 0.0525. The summed E-state index contributed by atoms with van der Waals surface area (Å²) in [5.74, 6) is -0.289. The molecule has 100 valence electrons. The van der Waals surface area contributed by atoms with Gasteiger partial charge in [-0.15, -0.1) is 0 Å². The van der Waals surface area contributed by atoms with E-state index >= 15 is 0 Å². The SMILES string of the molecule is CCNC(=O)c1ccc(I)c(OCC(F)(F)F)c1. The van der Waals surface area contributed by atoms with Crippen LogP contribution in [0.5, 0.6) is 5.75 Å². The summed E-state index contributed by atoms with van der Waals surface area (Å²) in [6, 6.07) is 4.38. The van der Waals surface area contributed by atoms with Gasteiger partial charge in [0.15, 0.2) is 6.61 Å². The summed E-state index contributed by atoms with van der Waals surface area (Å²) in [5.41, 5.74) is 0.273. The zero-order valence-corrected chi connectivity index (χ0v) is 11.6. The van der Waals surface area contributed by atoms with Crippen molar-refractivity contribution in [3.63, 3.8) is 0 Å². The van der Waals surface area contributed by atoms with Gasteiger partial charge in [0.1, 0.15) is 5.75 Å².